The largest absolute Gasteiger partial charge is 0.437 e. The summed E-state index contributed by atoms with van der Waals surface area (Å²) < 4.78 is 12.6. The van der Waals surface area contributed by atoms with E-state index in [1.54, 1.807) is 6.07 Å². The average molecular weight is 676 g/mol. The third-order valence-corrected chi connectivity index (χ3v) is 9.96. The molecule has 7 unspecified atom stereocenters. The van der Waals surface area contributed by atoms with E-state index in [9.17, 15) is 20.1 Å². The van der Waals surface area contributed by atoms with Crippen molar-refractivity contribution in [1.82, 2.24) is 5.32 Å². The van der Waals surface area contributed by atoms with E-state index in [1.165, 1.54) is 0 Å². The van der Waals surface area contributed by atoms with Crippen molar-refractivity contribution in [3.63, 3.8) is 0 Å². The topological polar surface area (TPSA) is 151 Å². The molecule has 258 valence electrons. The zero-order valence-corrected chi connectivity index (χ0v) is 28.1. The SMILES string of the molecule is CCCC(O)CC(O)CC(=O)CCc1ccc2c(c1)OC1C(C#CC(O)c3ccc4c(c3CC3=CN=C5C[NH+]1C=C35)C=CNC4N)CC#CO2. The van der Waals surface area contributed by atoms with Gasteiger partial charge < -0.3 is 35.8 Å². The number of benzene rings is 2. The molecule has 0 radical (unpaired) electrons. The number of Topliss-reactive ketones (excluding diaryl/α,β-unsaturated/α-hetero) is 1. The molecule has 0 aliphatic carbocycles. The number of nitrogens with one attached hydrogen (secondary N) is 2. The van der Waals surface area contributed by atoms with Crippen molar-refractivity contribution in [3.05, 3.63) is 87.9 Å². The fourth-order valence-corrected chi connectivity index (χ4v) is 7.36. The summed E-state index contributed by atoms with van der Waals surface area (Å²) in [6, 6.07) is 9.44. The summed E-state index contributed by atoms with van der Waals surface area (Å²) in [6.45, 7) is 2.57. The molecule has 2 aromatic rings. The fraction of sp³-hybridized carbons (Fsp3) is 0.400. The Labute approximate surface area is 292 Å². The fourth-order valence-electron chi connectivity index (χ4n) is 7.36. The first-order chi connectivity index (χ1) is 24.3. The van der Waals surface area contributed by atoms with Gasteiger partial charge in [0.2, 0.25) is 0 Å². The average Bonchev–Trinajstić information content (AvgIpc) is 3.69. The number of quaternary nitrogens is 1. The second-order valence-electron chi connectivity index (χ2n) is 13.6. The molecule has 0 aromatic heterocycles. The van der Waals surface area contributed by atoms with E-state index >= 15 is 0 Å². The van der Waals surface area contributed by atoms with Crippen LogP contribution in [0.3, 0.4) is 0 Å². The molecule has 7 N–H and O–H groups in total. The molecule has 0 saturated heterocycles. The maximum Gasteiger partial charge on any atom is 0.251 e. The molecule has 10 heteroatoms. The summed E-state index contributed by atoms with van der Waals surface area (Å²) in [5.74, 6) is 10.1. The lowest BCUT2D eigenvalue weighted by atomic mass is 9.86. The van der Waals surface area contributed by atoms with Crippen LogP contribution in [0.4, 0.5) is 0 Å². The smallest absolute Gasteiger partial charge is 0.251 e. The van der Waals surface area contributed by atoms with Gasteiger partial charge in [0.1, 0.15) is 48.5 Å². The Morgan fingerprint density at radius 3 is 2.88 bits per heavy atom. The number of hydrogen-bond donors (Lipinski definition) is 6. The highest BCUT2D eigenvalue weighted by Gasteiger charge is 2.40. The number of hydrogen-bond acceptors (Lipinski definition) is 9. The van der Waals surface area contributed by atoms with Crippen LogP contribution in [0.25, 0.3) is 6.08 Å². The van der Waals surface area contributed by atoms with Crippen LogP contribution in [0.1, 0.15) is 85.5 Å². The zero-order valence-electron chi connectivity index (χ0n) is 28.1. The van der Waals surface area contributed by atoms with Crippen LogP contribution < -0.4 is 25.4 Å². The number of fused-ring (bicyclic) bond motifs is 7. The summed E-state index contributed by atoms with van der Waals surface area (Å²) in [5.41, 5.74) is 14.0. The Balaban J connectivity index is 1.17. The summed E-state index contributed by atoms with van der Waals surface area (Å²) in [4.78, 5) is 18.6. The molecule has 2 bridgehead atoms. The predicted molar refractivity (Wildman–Crippen MR) is 188 cm³/mol. The van der Waals surface area contributed by atoms with Gasteiger partial charge in [0.15, 0.2) is 11.5 Å². The Bertz CT molecular complexity index is 1920. The molecule has 7 rings (SSSR count). The minimum Gasteiger partial charge on any atom is -0.437 e. The molecule has 5 aliphatic heterocycles. The Hall–Kier alpha value is -4.68. The van der Waals surface area contributed by atoms with Gasteiger partial charge in [-0.2, -0.15) is 0 Å². The summed E-state index contributed by atoms with van der Waals surface area (Å²) in [7, 11) is 0. The Morgan fingerprint density at radius 1 is 1.16 bits per heavy atom. The van der Waals surface area contributed by atoms with E-state index in [0.29, 0.717) is 43.7 Å². The number of aliphatic imine (C=N–C) groups is 1. The summed E-state index contributed by atoms with van der Waals surface area (Å²) in [5, 5.41) is 35.0. The van der Waals surface area contributed by atoms with Gasteiger partial charge in [0.25, 0.3) is 6.23 Å². The van der Waals surface area contributed by atoms with Crippen molar-refractivity contribution < 1.29 is 34.5 Å². The van der Waals surface area contributed by atoms with Gasteiger partial charge in [-0.1, -0.05) is 49.3 Å². The molecule has 0 fully saturated rings. The minimum absolute atomic E-state index is 0.0108. The van der Waals surface area contributed by atoms with Crippen molar-refractivity contribution in [1.29, 1.82) is 0 Å². The molecule has 5 aliphatic rings. The number of carbonyl (C=O) groups excluding carboxylic acids is 1. The third-order valence-electron chi connectivity index (χ3n) is 9.96. The van der Waals surface area contributed by atoms with E-state index in [-0.39, 0.29) is 31.2 Å². The van der Waals surface area contributed by atoms with Crippen molar-refractivity contribution in [3.8, 4) is 35.4 Å². The first-order valence-corrected chi connectivity index (χ1v) is 17.5. The van der Waals surface area contributed by atoms with Gasteiger partial charge in [-0.05, 0) is 77.1 Å². The Kier molecular flexibility index (Phi) is 9.91. The molecule has 5 heterocycles. The number of rotatable bonds is 9. The predicted octanol–water partition coefficient (Wildman–Crippen LogP) is 2.50. The van der Waals surface area contributed by atoms with Crippen LogP contribution in [-0.4, -0.2) is 51.8 Å². The standard InChI is InChI=1S/C40H42N4O6/c1-2-4-27(45)19-29(47)20-28(46)9-6-24-7-13-37-38(17-24)50-40-25(5-3-16-49-37)8-12-36(48)31-10-11-32-30(14-15-42-39(32)41)33(31)18-26-21-43-35-23-44(40)22-34(26)35/h7,10-11,13-15,17,21-22,25,27,29,36,39-40,42,45,47-48H,2,4-6,9,18-20,23,41H2,1H3/p+1. The van der Waals surface area contributed by atoms with Crippen molar-refractivity contribution in [2.75, 3.05) is 6.54 Å². The molecule has 2 aromatic carbocycles. The molecule has 0 saturated carbocycles. The second kappa shape index (κ2) is 14.7. The quantitative estimate of drug-likeness (QED) is 0.222. The molecule has 7 atom stereocenters. The lowest BCUT2D eigenvalue weighted by molar-refractivity contribution is -0.886. The number of nitrogens with two attached hydrogens (primary N) is 1. The highest BCUT2D eigenvalue weighted by Crippen LogP contribution is 2.36. The first-order valence-electron chi connectivity index (χ1n) is 17.5. The van der Waals surface area contributed by atoms with E-state index < -0.39 is 30.5 Å². The van der Waals surface area contributed by atoms with Crippen LogP contribution in [0, 0.1) is 29.8 Å². The highest BCUT2D eigenvalue weighted by atomic mass is 16.5. The van der Waals surface area contributed by atoms with Crippen LogP contribution in [0.5, 0.6) is 11.5 Å². The summed E-state index contributed by atoms with van der Waals surface area (Å²) >= 11 is 0. The minimum atomic E-state index is -1.05. The zero-order chi connectivity index (χ0) is 34.8. The maximum atomic E-state index is 12.7. The van der Waals surface area contributed by atoms with Crippen molar-refractivity contribution in [2.24, 2.45) is 16.6 Å². The summed E-state index contributed by atoms with van der Waals surface area (Å²) in [6.07, 6.45) is 10.7. The lowest BCUT2D eigenvalue weighted by Gasteiger charge is -2.28. The number of ether oxygens (including phenoxy) is 2. The van der Waals surface area contributed by atoms with Gasteiger partial charge in [-0.25, -0.2) is 0 Å². The van der Waals surface area contributed by atoms with Gasteiger partial charge in [0, 0.05) is 31.9 Å². The van der Waals surface area contributed by atoms with Crippen LogP contribution in [-0.2, 0) is 17.6 Å². The molecule has 10 nitrogen and oxygen atoms in total. The molecular formula is C40H43N4O6+. The number of nitrogens with zero attached hydrogens (tertiary/aromatic N) is 1. The van der Waals surface area contributed by atoms with Crippen molar-refractivity contribution >= 4 is 17.6 Å². The molecule has 0 spiro atoms. The normalized spacial score (nSPS) is 25.2. The monoisotopic (exact) mass is 675 g/mol. The van der Waals surface area contributed by atoms with E-state index in [0.717, 1.165) is 56.0 Å². The second-order valence-corrected chi connectivity index (χ2v) is 13.6. The van der Waals surface area contributed by atoms with Crippen molar-refractivity contribution in [2.45, 2.75) is 89.0 Å². The maximum absolute atomic E-state index is 12.7. The number of allylic oxidation sites excluding steroid dienone is 1. The molecule has 0 amide bonds. The van der Waals surface area contributed by atoms with Crippen LogP contribution in [0.15, 0.2) is 65.1 Å². The number of aryl methyl sites for hydroxylation is 1. The third kappa shape index (κ3) is 7.13. The first kappa shape index (κ1) is 33.8. The number of aliphatic hydroxyl groups excluding tert-OH is 3. The van der Waals surface area contributed by atoms with Gasteiger partial charge in [-0.15, -0.1) is 0 Å². The number of ketones is 1. The van der Waals surface area contributed by atoms with Gasteiger partial charge in [0.05, 0.1) is 17.8 Å². The molecule has 50 heavy (non-hydrogen) atoms. The van der Waals surface area contributed by atoms with Gasteiger partial charge >= 0.3 is 0 Å². The van der Waals surface area contributed by atoms with Gasteiger partial charge in [-0.3, -0.25) is 14.7 Å². The highest BCUT2D eigenvalue weighted by molar-refractivity contribution is 6.08. The van der Waals surface area contributed by atoms with Crippen LogP contribution >= 0.6 is 0 Å². The van der Waals surface area contributed by atoms with E-state index in [4.69, 9.17) is 20.2 Å². The van der Waals surface area contributed by atoms with E-state index in [2.05, 4.69) is 35.4 Å². The van der Waals surface area contributed by atoms with E-state index in [1.807, 2.05) is 49.7 Å². The molecular weight excluding hydrogens is 632 g/mol. The lowest BCUT2D eigenvalue weighted by Crippen LogP contribution is -3.13. The number of aliphatic hydroxyl groups is 3. The van der Waals surface area contributed by atoms with Crippen LogP contribution in [0.2, 0.25) is 0 Å². The number of carbonyl (C=O) groups is 1. The Morgan fingerprint density at radius 2 is 2.02 bits per heavy atom.